The second kappa shape index (κ2) is 9.37. The van der Waals surface area contributed by atoms with E-state index < -0.39 is 17.8 Å². The molecule has 3 aromatic carbocycles. The second-order valence-corrected chi connectivity index (χ2v) is 7.50. The Balaban J connectivity index is 1.31. The van der Waals surface area contributed by atoms with E-state index in [2.05, 4.69) is 29.3 Å². The fraction of sp³-hybridized carbons (Fsp3) is 0.154. The standard InChI is InChI=1S/C26H21NO6/c28-23-14-24(29)21(25(30)31)13-16(23)7-5-6-12-27-26(32)33-15-22-19-10-3-1-8-17(19)18-9-2-4-11-20(18)22/h1-4,8-11,13-14,22,28-29H,6,12,15H2,(H,27,32)(H,30,31). The van der Waals surface area contributed by atoms with E-state index >= 15 is 0 Å². The molecule has 0 fully saturated rings. The second-order valence-electron chi connectivity index (χ2n) is 7.50. The van der Waals surface area contributed by atoms with E-state index in [0.29, 0.717) is 0 Å². The van der Waals surface area contributed by atoms with Gasteiger partial charge in [-0.05, 0) is 28.3 Å². The summed E-state index contributed by atoms with van der Waals surface area (Å²) in [6.07, 6.45) is -0.299. The molecular weight excluding hydrogens is 422 g/mol. The van der Waals surface area contributed by atoms with Crippen LogP contribution in [-0.2, 0) is 4.74 Å². The highest BCUT2D eigenvalue weighted by Crippen LogP contribution is 2.44. The molecule has 166 valence electrons. The molecule has 0 radical (unpaired) electrons. The summed E-state index contributed by atoms with van der Waals surface area (Å²) in [4.78, 5) is 23.2. The number of carboxylic acid groups (broad SMARTS) is 1. The maximum atomic E-state index is 12.2. The summed E-state index contributed by atoms with van der Waals surface area (Å²) in [6, 6.07) is 18.2. The fourth-order valence-corrected chi connectivity index (χ4v) is 3.88. The smallest absolute Gasteiger partial charge is 0.407 e. The molecule has 0 aromatic heterocycles. The molecule has 0 spiro atoms. The summed E-state index contributed by atoms with van der Waals surface area (Å²) in [5, 5.41) is 31.0. The monoisotopic (exact) mass is 443 g/mol. The highest BCUT2D eigenvalue weighted by Gasteiger charge is 2.28. The molecular formula is C26H21NO6. The minimum atomic E-state index is -1.33. The van der Waals surface area contributed by atoms with Crippen LogP contribution >= 0.6 is 0 Å². The molecule has 4 N–H and O–H groups in total. The third-order valence-corrected chi connectivity index (χ3v) is 5.43. The normalized spacial score (nSPS) is 11.6. The van der Waals surface area contributed by atoms with Crippen molar-refractivity contribution in [2.45, 2.75) is 12.3 Å². The zero-order valence-electron chi connectivity index (χ0n) is 17.5. The maximum absolute atomic E-state index is 12.2. The first-order valence-corrected chi connectivity index (χ1v) is 10.3. The van der Waals surface area contributed by atoms with E-state index in [-0.39, 0.29) is 42.4 Å². The van der Waals surface area contributed by atoms with Crippen molar-refractivity contribution in [2.75, 3.05) is 13.2 Å². The van der Waals surface area contributed by atoms with Crippen LogP contribution in [0.4, 0.5) is 4.79 Å². The largest absolute Gasteiger partial charge is 0.507 e. The van der Waals surface area contributed by atoms with Gasteiger partial charge in [0.2, 0.25) is 0 Å². The van der Waals surface area contributed by atoms with Gasteiger partial charge in [0, 0.05) is 24.9 Å². The minimum absolute atomic E-state index is 0.0242. The average molecular weight is 443 g/mol. The minimum Gasteiger partial charge on any atom is -0.507 e. The fourth-order valence-electron chi connectivity index (χ4n) is 3.88. The molecule has 0 atom stereocenters. The Kier molecular flexibility index (Phi) is 6.18. The zero-order valence-corrected chi connectivity index (χ0v) is 17.5. The van der Waals surface area contributed by atoms with E-state index in [9.17, 15) is 19.8 Å². The van der Waals surface area contributed by atoms with Gasteiger partial charge in [-0.25, -0.2) is 9.59 Å². The topological polar surface area (TPSA) is 116 Å². The summed E-state index contributed by atoms with van der Waals surface area (Å²) in [6.45, 7) is 0.430. The number of ether oxygens (including phenoxy) is 1. The van der Waals surface area contributed by atoms with Gasteiger partial charge in [-0.1, -0.05) is 60.4 Å². The van der Waals surface area contributed by atoms with E-state index in [1.807, 2.05) is 36.4 Å². The van der Waals surface area contributed by atoms with Crippen LogP contribution in [0.1, 0.15) is 39.4 Å². The first-order chi connectivity index (χ1) is 16.0. The van der Waals surface area contributed by atoms with Gasteiger partial charge in [0.1, 0.15) is 23.7 Å². The molecule has 0 saturated heterocycles. The lowest BCUT2D eigenvalue weighted by atomic mass is 9.98. The molecule has 0 bridgehead atoms. The van der Waals surface area contributed by atoms with E-state index in [4.69, 9.17) is 9.84 Å². The molecule has 1 aliphatic rings. The van der Waals surface area contributed by atoms with E-state index in [0.717, 1.165) is 34.4 Å². The molecule has 3 aromatic rings. The van der Waals surface area contributed by atoms with Crippen LogP contribution in [0.15, 0.2) is 60.7 Å². The van der Waals surface area contributed by atoms with Gasteiger partial charge < -0.3 is 25.4 Å². The zero-order chi connectivity index (χ0) is 23.4. The molecule has 4 rings (SSSR count). The number of phenols is 2. The van der Waals surface area contributed by atoms with Crippen molar-refractivity contribution in [3.8, 4) is 34.5 Å². The Morgan fingerprint density at radius 3 is 2.21 bits per heavy atom. The third kappa shape index (κ3) is 4.60. The van der Waals surface area contributed by atoms with Crippen LogP contribution in [0, 0.1) is 11.8 Å². The lowest BCUT2D eigenvalue weighted by Crippen LogP contribution is -2.26. The molecule has 0 unspecified atom stereocenters. The van der Waals surface area contributed by atoms with Gasteiger partial charge in [-0.3, -0.25) is 0 Å². The lowest BCUT2D eigenvalue weighted by molar-refractivity contribution is 0.0693. The number of carboxylic acids is 1. The van der Waals surface area contributed by atoms with Crippen molar-refractivity contribution in [2.24, 2.45) is 0 Å². The Labute approximate surface area is 190 Å². The highest BCUT2D eigenvalue weighted by atomic mass is 16.5. The third-order valence-electron chi connectivity index (χ3n) is 5.43. The Morgan fingerprint density at radius 1 is 0.939 bits per heavy atom. The van der Waals surface area contributed by atoms with Crippen LogP contribution in [0.25, 0.3) is 11.1 Å². The van der Waals surface area contributed by atoms with Crippen LogP contribution < -0.4 is 5.32 Å². The van der Waals surface area contributed by atoms with E-state index in [1.165, 1.54) is 0 Å². The SMILES string of the molecule is O=C(NCCC#Cc1cc(C(=O)O)c(O)cc1O)OCC1c2ccccc2-c2ccccc21. The molecule has 0 saturated carbocycles. The van der Waals surface area contributed by atoms with Crippen molar-refractivity contribution < 1.29 is 29.6 Å². The van der Waals surface area contributed by atoms with E-state index in [1.54, 1.807) is 0 Å². The van der Waals surface area contributed by atoms with Gasteiger partial charge >= 0.3 is 12.1 Å². The van der Waals surface area contributed by atoms with Crippen LogP contribution in [0.2, 0.25) is 0 Å². The Hall–Kier alpha value is -4.44. The van der Waals surface area contributed by atoms with Crippen molar-refractivity contribution in [1.29, 1.82) is 0 Å². The molecule has 0 heterocycles. The number of alkyl carbamates (subject to hydrolysis) is 1. The number of aromatic hydroxyl groups is 2. The number of carbonyl (C=O) groups is 2. The summed E-state index contributed by atoms with van der Waals surface area (Å²) in [5.74, 6) is 3.18. The van der Waals surface area contributed by atoms with Gasteiger partial charge in [-0.2, -0.15) is 0 Å². The number of nitrogens with one attached hydrogen (secondary N) is 1. The number of hydrogen-bond donors (Lipinski definition) is 4. The van der Waals surface area contributed by atoms with Crippen molar-refractivity contribution in [3.63, 3.8) is 0 Å². The highest BCUT2D eigenvalue weighted by molar-refractivity contribution is 5.91. The van der Waals surface area contributed by atoms with Crippen LogP contribution in [0.5, 0.6) is 11.5 Å². The van der Waals surface area contributed by atoms with Crippen molar-refractivity contribution in [1.82, 2.24) is 5.32 Å². The number of benzene rings is 3. The molecule has 33 heavy (non-hydrogen) atoms. The lowest BCUT2D eigenvalue weighted by Gasteiger charge is -2.14. The number of fused-ring (bicyclic) bond motifs is 3. The Bertz CT molecular complexity index is 1240. The molecule has 7 heteroatoms. The average Bonchev–Trinajstić information content (AvgIpc) is 3.12. The molecule has 7 nitrogen and oxygen atoms in total. The summed E-state index contributed by atoms with van der Waals surface area (Å²) in [5.41, 5.74) is 4.29. The van der Waals surface area contributed by atoms with Crippen molar-refractivity contribution in [3.05, 3.63) is 82.9 Å². The number of rotatable bonds is 5. The van der Waals surface area contributed by atoms with Gasteiger partial charge in [0.05, 0.1) is 5.56 Å². The summed E-state index contributed by atoms with van der Waals surface area (Å²) < 4.78 is 5.45. The predicted octanol–water partition coefficient (Wildman–Crippen LogP) is 4.08. The number of hydrogen-bond acceptors (Lipinski definition) is 5. The summed E-state index contributed by atoms with van der Waals surface area (Å²) in [7, 11) is 0. The van der Waals surface area contributed by atoms with Gasteiger partial charge in [0.25, 0.3) is 0 Å². The van der Waals surface area contributed by atoms with Crippen LogP contribution in [0.3, 0.4) is 0 Å². The maximum Gasteiger partial charge on any atom is 0.407 e. The number of carbonyl (C=O) groups excluding carboxylic acids is 1. The number of amides is 1. The van der Waals surface area contributed by atoms with Gasteiger partial charge in [0.15, 0.2) is 0 Å². The Morgan fingerprint density at radius 2 is 1.58 bits per heavy atom. The molecule has 0 aliphatic heterocycles. The molecule has 1 amide bonds. The van der Waals surface area contributed by atoms with Gasteiger partial charge in [-0.15, -0.1) is 0 Å². The quantitative estimate of drug-likeness (QED) is 0.349. The first kappa shape index (κ1) is 21.8. The van der Waals surface area contributed by atoms with Crippen molar-refractivity contribution >= 4 is 12.1 Å². The predicted molar refractivity (Wildman–Crippen MR) is 121 cm³/mol. The van der Waals surface area contributed by atoms with Crippen LogP contribution in [-0.4, -0.2) is 40.5 Å². The first-order valence-electron chi connectivity index (χ1n) is 10.3. The summed E-state index contributed by atoms with van der Waals surface area (Å²) >= 11 is 0. The number of phenolic OH excluding ortho intramolecular Hbond substituents is 1. The molecule has 1 aliphatic carbocycles. The number of aromatic carboxylic acids is 1.